The van der Waals surface area contributed by atoms with E-state index in [1.807, 2.05) is 0 Å². The Morgan fingerprint density at radius 3 is 1.36 bits per heavy atom. The minimum Gasteiger partial charge on any atom is -0.306 e. The van der Waals surface area contributed by atoms with Gasteiger partial charge in [0.1, 0.15) is 0 Å². The van der Waals surface area contributed by atoms with E-state index in [-0.39, 0.29) is 0 Å². The second-order valence-electron chi connectivity index (χ2n) is 9.37. The molecule has 1 unspecified atom stereocenters. The lowest BCUT2D eigenvalue weighted by Crippen LogP contribution is -2.33. The molecule has 0 aliphatic carbocycles. The van der Waals surface area contributed by atoms with Gasteiger partial charge in [0.25, 0.3) is 0 Å². The van der Waals surface area contributed by atoms with E-state index in [0.717, 1.165) is 0 Å². The van der Waals surface area contributed by atoms with Crippen LogP contribution in [-0.2, 0) is 0 Å². The predicted octanol–water partition coefficient (Wildman–Crippen LogP) is 7.91. The third-order valence-electron chi connectivity index (χ3n) is 6.44. The SMILES string of the molecule is CCCCCCCCCCN(C)CCC(C)N(C)CCCCCCCCCC. The second kappa shape index (κ2) is 21.6. The van der Waals surface area contributed by atoms with Crippen molar-refractivity contribution in [3.63, 3.8) is 0 Å². The number of unbranched alkanes of at least 4 members (excludes halogenated alkanes) is 14. The fourth-order valence-corrected chi connectivity index (χ4v) is 3.97. The van der Waals surface area contributed by atoms with E-state index in [9.17, 15) is 0 Å². The molecule has 1 atom stereocenters. The van der Waals surface area contributed by atoms with Crippen molar-refractivity contribution in [2.75, 3.05) is 33.7 Å². The van der Waals surface area contributed by atoms with Crippen molar-refractivity contribution in [1.82, 2.24) is 9.80 Å². The molecule has 0 amide bonds. The predicted molar refractivity (Wildman–Crippen MR) is 129 cm³/mol. The van der Waals surface area contributed by atoms with E-state index in [0.29, 0.717) is 6.04 Å². The normalized spacial score (nSPS) is 13.0. The summed E-state index contributed by atoms with van der Waals surface area (Å²) in [6.45, 7) is 10.8. The highest BCUT2D eigenvalue weighted by Crippen LogP contribution is 2.11. The lowest BCUT2D eigenvalue weighted by molar-refractivity contribution is 0.212. The molecule has 0 saturated carbocycles. The molecule has 0 aliphatic heterocycles. The van der Waals surface area contributed by atoms with Crippen LogP contribution in [0.1, 0.15) is 130 Å². The highest BCUT2D eigenvalue weighted by molar-refractivity contribution is 4.66. The lowest BCUT2D eigenvalue weighted by Gasteiger charge is -2.27. The van der Waals surface area contributed by atoms with Crippen LogP contribution in [-0.4, -0.2) is 49.6 Å². The molecule has 0 bridgehead atoms. The third-order valence-corrected chi connectivity index (χ3v) is 6.44. The molecular formula is C26H56N2. The van der Waals surface area contributed by atoms with Crippen LogP contribution in [0.5, 0.6) is 0 Å². The monoisotopic (exact) mass is 396 g/mol. The van der Waals surface area contributed by atoms with Crippen molar-refractivity contribution in [3.05, 3.63) is 0 Å². The van der Waals surface area contributed by atoms with Gasteiger partial charge < -0.3 is 9.80 Å². The van der Waals surface area contributed by atoms with Crippen LogP contribution in [0, 0.1) is 0 Å². The zero-order chi connectivity index (χ0) is 20.9. The van der Waals surface area contributed by atoms with Gasteiger partial charge in [-0.15, -0.1) is 0 Å². The number of hydrogen-bond donors (Lipinski definition) is 0. The molecule has 0 heterocycles. The molecule has 0 N–H and O–H groups in total. The second-order valence-corrected chi connectivity index (χ2v) is 9.37. The summed E-state index contributed by atoms with van der Waals surface area (Å²) in [6.07, 6.45) is 24.0. The molecule has 0 aliphatic rings. The molecule has 0 saturated heterocycles. The summed E-state index contributed by atoms with van der Waals surface area (Å²) in [7, 11) is 4.64. The van der Waals surface area contributed by atoms with Crippen LogP contribution < -0.4 is 0 Å². The Labute approximate surface area is 179 Å². The van der Waals surface area contributed by atoms with Crippen LogP contribution in [0.3, 0.4) is 0 Å². The summed E-state index contributed by atoms with van der Waals surface area (Å²) >= 11 is 0. The Kier molecular flexibility index (Phi) is 21.6. The minimum absolute atomic E-state index is 0.713. The summed E-state index contributed by atoms with van der Waals surface area (Å²) < 4.78 is 0. The zero-order valence-corrected chi connectivity index (χ0v) is 20.6. The molecular weight excluding hydrogens is 340 g/mol. The maximum Gasteiger partial charge on any atom is 0.00760 e. The first kappa shape index (κ1) is 27.9. The van der Waals surface area contributed by atoms with Crippen molar-refractivity contribution in [2.45, 2.75) is 136 Å². The van der Waals surface area contributed by atoms with Gasteiger partial charge in [0.05, 0.1) is 0 Å². The van der Waals surface area contributed by atoms with Gasteiger partial charge >= 0.3 is 0 Å². The molecule has 0 aromatic heterocycles. The van der Waals surface area contributed by atoms with Gasteiger partial charge in [0.15, 0.2) is 0 Å². The Morgan fingerprint density at radius 1 is 0.500 bits per heavy atom. The summed E-state index contributed by atoms with van der Waals surface area (Å²) in [4.78, 5) is 5.14. The molecule has 2 nitrogen and oxygen atoms in total. The Hall–Kier alpha value is -0.0800. The highest BCUT2D eigenvalue weighted by atomic mass is 15.1. The van der Waals surface area contributed by atoms with Crippen molar-refractivity contribution >= 4 is 0 Å². The van der Waals surface area contributed by atoms with E-state index >= 15 is 0 Å². The van der Waals surface area contributed by atoms with Gasteiger partial charge in [-0.25, -0.2) is 0 Å². The Morgan fingerprint density at radius 2 is 0.893 bits per heavy atom. The van der Waals surface area contributed by atoms with Gasteiger partial charge in [-0.05, 0) is 59.9 Å². The standard InChI is InChI=1S/C26H56N2/c1-6-8-10-12-14-16-18-20-23-27(4)25-22-26(3)28(5)24-21-19-17-15-13-11-9-7-2/h26H,6-25H2,1-5H3. The summed E-state index contributed by atoms with van der Waals surface area (Å²) in [5.41, 5.74) is 0. The van der Waals surface area contributed by atoms with Gasteiger partial charge in [0, 0.05) is 6.04 Å². The fraction of sp³-hybridized carbons (Fsp3) is 1.00. The Bertz CT molecular complexity index is 292. The molecule has 28 heavy (non-hydrogen) atoms. The van der Waals surface area contributed by atoms with Gasteiger partial charge in [-0.1, -0.05) is 104 Å². The highest BCUT2D eigenvalue weighted by Gasteiger charge is 2.10. The first-order valence-electron chi connectivity index (χ1n) is 13.0. The molecule has 0 aromatic rings. The van der Waals surface area contributed by atoms with E-state index in [4.69, 9.17) is 0 Å². The van der Waals surface area contributed by atoms with E-state index in [1.54, 1.807) is 0 Å². The largest absolute Gasteiger partial charge is 0.306 e. The number of nitrogens with zero attached hydrogens (tertiary/aromatic N) is 2. The van der Waals surface area contributed by atoms with Crippen LogP contribution in [0.4, 0.5) is 0 Å². The van der Waals surface area contributed by atoms with Crippen molar-refractivity contribution in [1.29, 1.82) is 0 Å². The fourth-order valence-electron chi connectivity index (χ4n) is 3.97. The van der Waals surface area contributed by atoms with E-state index in [2.05, 4.69) is 44.7 Å². The minimum atomic E-state index is 0.713. The lowest BCUT2D eigenvalue weighted by atomic mass is 10.1. The van der Waals surface area contributed by atoms with Crippen molar-refractivity contribution < 1.29 is 0 Å². The Balaban J connectivity index is 3.47. The van der Waals surface area contributed by atoms with Crippen LogP contribution in [0.15, 0.2) is 0 Å². The first-order chi connectivity index (χ1) is 13.6. The molecule has 0 rings (SSSR count). The van der Waals surface area contributed by atoms with E-state index < -0.39 is 0 Å². The van der Waals surface area contributed by atoms with Gasteiger partial charge in [-0.2, -0.15) is 0 Å². The number of hydrogen-bond acceptors (Lipinski definition) is 2. The van der Waals surface area contributed by atoms with Gasteiger partial charge in [-0.3, -0.25) is 0 Å². The van der Waals surface area contributed by atoms with Gasteiger partial charge in [0.2, 0.25) is 0 Å². The number of rotatable bonds is 22. The van der Waals surface area contributed by atoms with Crippen molar-refractivity contribution in [3.8, 4) is 0 Å². The molecule has 0 fully saturated rings. The van der Waals surface area contributed by atoms with Crippen molar-refractivity contribution in [2.24, 2.45) is 0 Å². The molecule has 2 heteroatoms. The summed E-state index contributed by atoms with van der Waals surface area (Å²) in [5.74, 6) is 0. The van der Waals surface area contributed by atoms with Crippen LogP contribution in [0.25, 0.3) is 0 Å². The zero-order valence-electron chi connectivity index (χ0n) is 20.6. The molecule has 0 radical (unpaired) electrons. The summed E-state index contributed by atoms with van der Waals surface area (Å²) in [5, 5.41) is 0. The average Bonchev–Trinajstić information content (AvgIpc) is 2.69. The maximum absolute atomic E-state index is 2.58. The third kappa shape index (κ3) is 19.2. The van der Waals surface area contributed by atoms with E-state index in [1.165, 1.54) is 129 Å². The molecule has 170 valence electrons. The average molecular weight is 397 g/mol. The topological polar surface area (TPSA) is 6.48 Å². The molecule has 0 spiro atoms. The smallest absolute Gasteiger partial charge is 0.00760 e. The quantitative estimate of drug-likeness (QED) is 0.171. The maximum atomic E-state index is 2.58. The first-order valence-corrected chi connectivity index (χ1v) is 13.0. The van der Waals surface area contributed by atoms with Crippen LogP contribution >= 0.6 is 0 Å². The van der Waals surface area contributed by atoms with Crippen LogP contribution in [0.2, 0.25) is 0 Å². The summed E-state index contributed by atoms with van der Waals surface area (Å²) in [6, 6.07) is 0.713. The molecule has 0 aromatic carbocycles.